The second kappa shape index (κ2) is 6.50. The van der Waals surface area contributed by atoms with Crippen LogP contribution in [0.2, 0.25) is 0 Å². The standard InChI is InChI=1S/C21H18N8O2/c1-27-10-23-20-18(27)21(30)29(11-24-20)9-16-25-19(26-31-16)17-14-7-28(8-15(14)17)13-4-2-3-12(5-13)6-22/h2-5,10-11,14-15,17H,7-9H2,1H3/t14-,15+,17-. The molecule has 2 aliphatic rings. The summed E-state index contributed by atoms with van der Waals surface area (Å²) in [6.07, 6.45) is 3.03. The molecule has 31 heavy (non-hydrogen) atoms. The lowest BCUT2D eigenvalue weighted by atomic mass is 10.2. The molecule has 10 heteroatoms. The Balaban J connectivity index is 1.16. The van der Waals surface area contributed by atoms with Crippen molar-refractivity contribution >= 4 is 16.9 Å². The van der Waals surface area contributed by atoms with Crippen LogP contribution in [0.15, 0.2) is 46.2 Å². The summed E-state index contributed by atoms with van der Waals surface area (Å²) in [4.78, 5) is 27.9. The topological polar surface area (TPSA) is 119 Å². The average Bonchev–Trinajstić information content (AvgIpc) is 3.21. The van der Waals surface area contributed by atoms with Gasteiger partial charge in [0.05, 0.1) is 18.0 Å². The molecular formula is C21H18N8O2. The summed E-state index contributed by atoms with van der Waals surface area (Å²) < 4.78 is 8.55. The lowest BCUT2D eigenvalue weighted by Gasteiger charge is -2.21. The fraction of sp³-hybridized carbons (Fsp3) is 0.333. The number of piperidine rings is 1. The van der Waals surface area contributed by atoms with Crippen LogP contribution in [-0.2, 0) is 13.6 Å². The first-order valence-corrected chi connectivity index (χ1v) is 10.1. The Kier molecular flexibility index (Phi) is 3.74. The van der Waals surface area contributed by atoms with Crippen LogP contribution >= 0.6 is 0 Å². The third-order valence-electron chi connectivity index (χ3n) is 6.32. The largest absolute Gasteiger partial charge is 0.371 e. The van der Waals surface area contributed by atoms with Crippen molar-refractivity contribution in [1.29, 1.82) is 5.26 Å². The first-order chi connectivity index (χ1) is 15.1. The average molecular weight is 414 g/mol. The lowest BCUT2D eigenvalue weighted by molar-refractivity contribution is 0.363. The van der Waals surface area contributed by atoms with Crippen LogP contribution in [-0.4, -0.2) is 42.3 Å². The van der Waals surface area contributed by atoms with Gasteiger partial charge in [0.15, 0.2) is 17.0 Å². The third kappa shape index (κ3) is 2.81. The van der Waals surface area contributed by atoms with Crippen molar-refractivity contribution in [2.45, 2.75) is 12.5 Å². The van der Waals surface area contributed by atoms with Gasteiger partial charge in [0.25, 0.3) is 5.56 Å². The Morgan fingerprint density at radius 2 is 2.03 bits per heavy atom. The molecule has 1 aliphatic carbocycles. The van der Waals surface area contributed by atoms with Gasteiger partial charge in [0.1, 0.15) is 12.9 Å². The number of rotatable bonds is 4. The molecule has 1 saturated carbocycles. The van der Waals surface area contributed by atoms with E-state index >= 15 is 0 Å². The van der Waals surface area contributed by atoms with E-state index in [-0.39, 0.29) is 18.0 Å². The maximum absolute atomic E-state index is 12.7. The van der Waals surface area contributed by atoms with Gasteiger partial charge in [-0.1, -0.05) is 11.2 Å². The summed E-state index contributed by atoms with van der Waals surface area (Å²) in [5, 5.41) is 13.3. The number of nitriles is 1. The van der Waals surface area contributed by atoms with Gasteiger partial charge >= 0.3 is 0 Å². The Hall–Kier alpha value is -4.00. The first-order valence-electron chi connectivity index (χ1n) is 10.1. The van der Waals surface area contributed by atoms with Crippen LogP contribution in [0.25, 0.3) is 11.2 Å². The molecule has 154 valence electrons. The van der Waals surface area contributed by atoms with Crippen LogP contribution in [0.1, 0.15) is 23.2 Å². The maximum atomic E-state index is 12.7. The second-order valence-corrected chi connectivity index (χ2v) is 8.17. The maximum Gasteiger partial charge on any atom is 0.280 e. The molecule has 3 aromatic heterocycles. The van der Waals surface area contributed by atoms with Gasteiger partial charge in [0.2, 0.25) is 5.89 Å². The zero-order valence-corrected chi connectivity index (χ0v) is 16.7. The molecule has 4 aromatic rings. The molecule has 3 atom stereocenters. The number of hydrogen-bond donors (Lipinski definition) is 0. The van der Waals surface area contributed by atoms with Gasteiger partial charge in [-0.15, -0.1) is 0 Å². The molecule has 0 spiro atoms. The van der Waals surface area contributed by atoms with E-state index in [4.69, 9.17) is 9.78 Å². The molecule has 1 saturated heterocycles. The smallest absolute Gasteiger partial charge is 0.280 e. The lowest BCUT2D eigenvalue weighted by Crippen LogP contribution is -2.24. The summed E-state index contributed by atoms with van der Waals surface area (Å²) >= 11 is 0. The van der Waals surface area contributed by atoms with Gasteiger partial charge in [-0.3, -0.25) is 9.36 Å². The molecule has 6 rings (SSSR count). The quantitative estimate of drug-likeness (QED) is 0.490. The first kappa shape index (κ1) is 17.8. The zero-order valence-electron chi connectivity index (χ0n) is 16.7. The fourth-order valence-corrected chi connectivity index (χ4v) is 4.69. The summed E-state index contributed by atoms with van der Waals surface area (Å²) in [6, 6.07) is 9.89. The monoisotopic (exact) mass is 414 g/mol. The van der Waals surface area contributed by atoms with E-state index in [0.29, 0.717) is 40.3 Å². The Labute approximate surface area is 176 Å². The van der Waals surface area contributed by atoms with Gasteiger partial charge in [-0.2, -0.15) is 10.2 Å². The molecule has 0 radical (unpaired) electrons. The Morgan fingerprint density at radius 3 is 2.84 bits per heavy atom. The fourth-order valence-electron chi connectivity index (χ4n) is 4.69. The van der Waals surface area contributed by atoms with E-state index in [1.807, 2.05) is 24.3 Å². The Bertz CT molecular complexity index is 1400. The number of imidazole rings is 1. The molecular weight excluding hydrogens is 396 g/mol. The summed E-state index contributed by atoms with van der Waals surface area (Å²) in [5.74, 6) is 2.34. The Morgan fingerprint density at radius 1 is 1.23 bits per heavy atom. The van der Waals surface area contributed by atoms with Gasteiger partial charge in [-0.25, -0.2) is 9.97 Å². The van der Waals surface area contributed by atoms with Crippen molar-refractivity contribution in [2.24, 2.45) is 18.9 Å². The number of anilines is 1. The molecule has 1 aliphatic heterocycles. The molecule has 0 bridgehead atoms. The van der Waals surface area contributed by atoms with E-state index in [1.165, 1.54) is 10.9 Å². The molecule has 0 N–H and O–H groups in total. The van der Waals surface area contributed by atoms with Crippen molar-refractivity contribution in [2.75, 3.05) is 18.0 Å². The predicted molar refractivity (Wildman–Crippen MR) is 109 cm³/mol. The van der Waals surface area contributed by atoms with E-state index < -0.39 is 0 Å². The summed E-state index contributed by atoms with van der Waals surface area (Å²) in [6.45, 7) is 2.00. The van der Waals surface area contributed by atoms with E-state index in [2.05, 4.69) is 31.1 Å². The van der Waals surface area contributed by atoms with Crippen LogP contribution < -0.4 is 10.5 Å². The number of benzene rings is 1. The molecule has 0 unspecified atom stereocenters. The third-order valence-corrected chi connectivity index (χ3v) is 6.32. The normalized spacial score (nSPS) is 21.9. The van der Waals surface area contributed by atoms with E-state index in [0.717, 1.165) is 18.8 Å². The van der Waals surface area contributed by atoms with Crippen LogP contribution in [0.4, 0.5) is 5.69 Å². The molecule has 1 aromatic carbocycles. The minimum atomic E-state index is -0.191. The molecule has 2 fully saturated rings. The number of hydrogen-bond acceptors (Lipinski definition) is 8. The number of fused-ring (bicyclic) bond motifs is 2. The molecule has 0 amide bonds. The van der Waals surface area contributed by atoms with Gasteiger partial charge < -0.3 is 14.0 Å². The van der Waals surface area contributed by atoms with Crippen molar-refractivity contribution in [3.8, 4) is 6.07 Å². The molecule has 4 heterocycles. The number of aromatic nitrogens is 6. The van der Waals surface area contributed by atoms with Crippen molar-refractivity contribution in [3.63, 3.8) is 0 Å². The number of aryl methyl sites for hydroxylation is 1. The highest BCUT2D eigenvalue weighted by molar-refractivity contribution is 5.68. The zero-order chi connectivity index (χ0) is 21.1. The van der Waals surface area contributed by atoms with Gasteiger partial charge in [-0.05, 0) is 30.0 Å². The number of nitrogens with zero attached hydrogens (tertiary/aromatic N) is 8. The highest BCUT2D eigenvalue weighted by atomic mass is 16.5. The summed E-state index contributed by atoms with van der Waals surface area (Å²) in [7, 11) is 1.76. The minimum Gasteiger partial charge on any atom is -0.371 e. The highest BCUT2D eigenvalue weighted by Crippen LogP contribution is 2.57. The minimum absolute atomic E-state index is 0.176. The second-order valence-electron chi connectivity index (χ2n) is 8.17. The SMILES string of the molecule is Cn1cnc2ncn(Cc3nc([C@@H]4[C@@H]5CN(c6cccc(C#N)c6)C[C@@H]54)no3)c(=O)c21. The van der Waals surface area contributed by atoms with Gasteiger partial charge in [0, 0.05) is 31.7 Å². The van der Waals surface area contributed by atoms with Crippen molar-refractivity contribution in [1.82, 2.24) is 29.2 Å². The van der Waals surface area contributed by atoms with Crippen LogP contribution in [0, 0.1) is 23.2 Å². The predicted octanol–water partition coefficient (Wildman–Crippen LogP) is 1.28. The molecule has 10 nitrogen and oxygen atoms in total. The van der Waals surface area contributed by atoms with Crippen LogP contribution in [0.3, 0.4) is 0 Å². The van der Waals surface area contributed by atoms with E-state index in [1.54, 1.807) is 17.9 Å². The summed E-state index contributed by atoms with van der Waals surface area (Å²) in [5.41, 5.74) is 2.43. The highest BCUT2D eigenvalue weighted by Gasteiger charge is 2.58. The van der Waals surface area contributed by atoms with Crippen molar-refractivity contribution in [3.05, 3.63) is 64.6 Å². The van der Waals surface area contributed by atoms with Crippen LogP contribution in [0.5, 0.6) is 0 Å². The van der Waals surface area contributed by atoms with E-state index in [9.17, 15) is 4.79 Å². The van der Waals surface area contributed by atoms with Crippen molar-refractivity contribution < 1.29 is 4.52 Å².